The Balaban J connectivity index is 2.17. The zero-order valence-electron chi connectivity index (χ0n) is 14.7. The highest BCUT2D eigenvalue weighted by Gasteiger charge is 2.36. The molecule has 0 aromatic heterocycles. The van der Waals surface area contributed by atoms with Gasteiger partial charge in [0.1, 0.15) is 5.60 Å². The topological polar surface area (TPSA) is 38.8 Å². The first kappa shape index (κ1) is 19.4. The van der Waals surface area contributed by atoms with Crippen molar-refractivity contribution in [1.82, 2.24) is 4.90 Å². The molecule has 1 fully saturated rings. The quantitative estimate of drug-likeness (QED) is 0.709. The van der Waals surface area contributed by atoms with E-state index in [1.165, 1.54) is 0 Å². The SMILES string of the molecule is COC1(c2ccc(Cl)c(Cl)c2)CCCN(C(=O)OC(C)(C)C)CC1. The first-order valence-electron chi connectivity index (χ1n) is 8.15. The minimum atomic E-state index is -0.495. The molecular formula is C18H25Cl2NO3. The van der Waals surface area contributed by atoms with Gasteiger partial charge in [0.05, 0.1) is 15.6 Å². The number of amides is 1. The molecule has 0 saturated carbocycles. The molecule has 0 bridgehead atoms. The summed E-state index contributed by atoms with van der Waals surface area (Å²) in [5.74, 6) is 0. The van der Waals surface area contributed by atoms with Crippen LogP contribution in [0.5, 0.6) is 0 Å². The van der Waals surface area contributed by atoms with E-state index in [4.69, 9.17) is 32.7 Å². The van der Waals surface area contributed by atoms with Crippen molar-refractivity contribution in [2.24, 2.45) is 0 Å². The van der Waals surface area contributed by atoms with Crippen LogP contribution in [0.4, 0.5) is 4.79 Å². The number of hydrogen-bond donors (Lipinski definition) is 0. The highest BCUT2D eigenvalue weighted by atomic mass is 35.5. The van der Waals surface area contributed by atoms with Gasteiger partial charge in [0.2, 0.25) is 0 Å². The Morgan fingerprint density at radius 3 is 2.46 bits per heavy atom. The van der Waals surface area contributed by atoms with Gasteiger partial charge in [-0.1, -0.05) is 29.3 Å². The van der Waals surface area contributed by atoms with Crippen LogP contribution in [-0.2, 0) is 15.1 Å². The van der Waals surface area contributed by atoms with Crippen LogP contribution in [0, 0.1) is 0 Å². The Bertz CT molecular complexity index is 600. The molecule has 1 aliphatic rings. The Morgan fingerprint density at radius 1 is 1.17 bits per heavy atom. The summed E-state index contributed by atoms with van der Waals surface area (Å²) in [6, 6.07) is 5.59. The summed E-state index contributed by atoms with van der Waals surface area (Å²) in [7, 11) is 1.70. The van der Waals surface area contributed by atoms with E-state index in [0.717, 1.165) is 18.4 Å². The second-order valence-corrected chi connectivity index (χ2v) is 7.96. The number of carbonyl (C=O) groups excluding carboxylic acids is 1. The van der Waals surface area contributed by atoms with Crippen molar-refractivity contribution in [3.05, 3.63) is 33.8 Å². The molecule has 1 amide bonds. The predicted octanol–water partition coefficient (Wildman–Crippen LogP) is 5.26. The van der Waals surface area contributed by atoms with Crippen molar-refractivity contribution < 1.29 is 14.3 Å². The van der Waals surface area contributed by atoms with Gasteiger partial charge in [-0.2, -0.15) is 0 Å². The zero-order valence-corrected chi connectivity index (χ0v) is 16.2. The van der Waals surface area contributed by atoms with Gasteiger partial charge >= 0.3 is 6.09 Å². The summed E-state index contributed by atoms with van der Waals surface area (Å²) >= 11 is 12.2. The summed E-state index contributed by atoms with van der Waals surface area (Å²) in [5, 5.41) is 1.04. The molecule has 1 atom stereocenters. The minimum Gasteiger partial charge on any atom is -0.444 e. The number of ether oxygens (including phenoxy) is 2. The molecule has 0 radical (unpaired) electrons. The maximum Gasteiger partial charge on any atom is 0.410 e. The van der Waals surface area contributed by atoms with E-state index in [2.05, 4.69) is 0 Å². The minimum absolute atomic E-state index is 0.274. The lowest BCUT2D eigenvalue weighted by Gasteiger charge is -2.32. The van der Waals surface area contributed by atoms with Gasteiger partial charge in [0.25, 0.3) is 0 Å². The van der Waals surface area contributed by atoms with Gasteiger partial charge < -0.3 is 14.4 Å². The van der Waals surface area contributed by atoms with E-state index in [9.17, 15) is 4.79 Å². The van der Waals surface area contributed by atoms with Crippen molar-refractivity contribution in [1.29, 1.82) is 0 Å². The maximum absolute atomic E-state index is 12.3. The lowest BCUT2D eigenvalue weighted by molar-refractivity contribution is -0.0279. The summed E-state index contributed by atoms with van der Waals surface area (Å²) in [4.78, 5) is 14.1. The Kier molecular flexibility index (Phi) is 6.05. The normalized spacial score (nSPS) is 22.2. The average Bonchev–Trinajstić information content (AvgIpc) is 2.72. The fraction of sp³-hybridized carbons (Fsp3) is 0.611. The third-order valence-electron chi connectivity index (χ3n) is 4.28. The van der Waals surface area contributed by atoms with E-state index in [-0.39, 0.29) is 6.09 Å². The summed E-state index contributed by atoms with van der Waals surface area (Å²) < 4.78 is 11.4. The van der Waals surface area contributed by atoms with Crippen molar-refractivity contribution in [3.63, 3.8) is 0 Å². The lowest BCUT2D eigenvalue weighted by atomic mass is 9.86. The Labute approximate surface area is 154 Å². The predicted molar refractivity (Wildman–Crippen MR) is 96.8 cm³/mol. The molecule has 0 aliphatic carbocycles. The van der Waals surface area contributed by atoms with Gasteiger partial charge in [-0.05, 0) is 57.7 Å². The Hall–Kier alpha value is -0.970. The molecule has 2 rings (SSSR count). The number of hydrogen-bond acceptors (Lipinski definition) is 3. The van der Waals surface area contributed by atoms with Crippen molar-refractivity contribution in [2.75, 3.05) is 20.2 Å². The molecule has 1 saturated heterocycles. The van der Waals surface area contributed by atoms with Crippen LogP contribution in [0.15, 0.2) is 18.2 Å². The number of carbonyl (C=O) groups is 1. The number of nitrogens with zero attached hydrogens (tertiary/aromatic N) is 1. The van der Waals surface area contributed by atoms with E-state index in [1.807, 2.05) is 32.9 Å². The van der Waals surface area contributed by atoms with Crippen LogP contribution < -0.4 is 0 Å². The zero-order chi connectivity index (χ0) is 18.0. The largest absolute Gasteiger partial charge is 0.444 e. The van der Waals surface area contributed by atoms with Crippen LogP contribution in [0.1, 0.15) is 45.6 Å². The second kappa shape index (κ2) is 7.51. The third-order valence-corrected chi connectivity index (χ3v) is 5.02. The maximum atomic E-state index is 12.3. The number of rotatable bonds is 2. The first-order valence-corrected chi connectivity index (χ1v) is 8.91. The Morgan fingerprint density at radius 2 is 1.88 bits per heavy atom. The third kappa shape index (κ3) is 4.56. The molecule has 24 heavy (non-hydrogen) atoms. The highest BCUT2D eigenvalue weighted by molar-refractivity contribution is 6.42. The standard InChI is InChI=1S/C18H25Cl2NO3/c1-17(2,3)24-16(22)21-10-5-8-18(23-4,9-11-21)13-6-7-14(19)15(20)12-13/h6-7,12H,5,8-11H2,1-4H3. The lowest BCUT2D eigenvalue weighted by Crippen LogP contribution is -2.38. The van der Waals surface area contributed by atoms with E-state index < -0.39 is 11.2 Å². The van der Waals surface area contributed by atoms with Gasteiger partial charge in [0.15, 0.2) is 0 Å². The summed E-state index contributed by atoms with van der Waals surface area (Å²) in [5.41, 5.74) is 0.0293. The van der Waals surface area contributed by atoms with Gasteiger partial charge in [0, 0.05) is 20.2 Å². The summed E-state index contributed by atoms with van der Waals surface area (Å²) in [6.07, 6.45) is 2.04. The van der Waals surface area contributed by atoms with E-state index in [0.29, 0.717) is 29.6 Å². The number of likely N-dealkylation sites (tertiary alicyclic amines) is 1. The van der Waals surface area contributed by atoms with Gasteiger partial charge in [-0.3, -0.25) is 0 Å². The van der Waals surface area contributed by atoms with Crippen LogP contribution in [-0.4, -0.2) is 36.8 Å². The number of halogens is 2. The molecule has 1 aromatic rings. The van der Waals surface area contributed by atoms with Crippen LogP contribution in [0.25, 0.3) is 0 Å². The van der Waals surface area contributed by atoms with Crippen LogP contribution in [0.2, 0.25) is 10.0 Å². The van der Waals surface area contributed by atoms with Crippen LogP contribution in [0.3, 0.4) is 0 Å². The molecule has 1 heterocycles. The highest BCUT2D eigenvalue weighted by Crippen LogP contribution is 2.38. The molecule has 0 spiro atoms. The summed E-state index contributed by atoms with van der Waals surface area (Å²) in [6.45, 7) is 6.85. The molecule has 1 aliphatic heterocycles. The molecule has 1 unspecified atom stereocenters. The number of benzene rings is 1. The molecular weight excluding hydrogens is 349 g/mol. The van der Waals surface area contributed by atoms with E-state index >= 15 is 0 Å². The van der Waals surface area contributed by atoms with Gasteiger partial charge in [-0.25, -0.2) is 4.79 Å². The second-order valence-electron chi connectivity index (χ2n) is 7.15. The average molecular weight is 374 g/mol. The van der Waals surface area contributed by atoms with Gasteiger partial charge in [-0.15, -0.1) is 0 Å². The molecule has 1 aromatic carbocycles. The fourth-order valence-corrected chi connectivity index (χ4v) is 3.31. The van der Waals surface area contributed by atoms with Crippen molar-refractivity contribution in [2.45, 2.75) is 51.2 Å². The fourth-order valence-electron chi connectivity index (χ4n) is 3.01. The molecule has 134 valence electrons. The monoisotopic (exact) mass is 373 g/mol. The number of methoxy groups -OCH3 is 1. The molecule has 0 N–H and O–H groups in total. The van der Waals surface area contributed by atoms with Crippen LogP contribution >= 0.6 is 23.2 Å². The first-order chi connectivity index (χ1) is 11.2. The van der Waals surface area contributed by atoms with Crippen molar-refractivity contribution in [3.8, 4) is 0 Å². The smallest absolute Gasteiger partial charge is 0.410 e. The van der Waals surface area contributed by atoms with E-state index in [1.54, 1.807) is 18.1 Å². The molecule has 6 heteroatoms. The molecule has 4 nitrogen and oxygen atoms in total. The van der Waals surface area contributed by atoms with Crippen molar-refractivity contribution >= 4 is 29.3 Å².